The Morgan fingerprint density at radius 3 is 2.85 bits per heavy atom. The summed E-state index contributed by atoms with van der Waals surface area (Å²) in [4.78, 5) is 13.9. The highest BCUT2D eigenvalue weighted by Gasteiger charge is 2.20. The highest BCUT2D eigenvalue weighted by molar-refractivity contribution is 7.90. The van der Waals surface area contributed by atoms with Crippen LogP contribution in [0.3, 0.4) is 0 Å². The van der Waals surface area contributed by atoms with E-state index in [2.05, 4.69) is 5.32 Å². The van der Waals surface area contributed by atoms with Gasteiger partial charge < -0.3 is 10.2 Å². The zero-order chi connectivity index (χ0) is 14.8. The lowest BCUT2D eigenvalue weighted by Crippen LogP contribution is -2.32. The third-order valence-corrected chi connectivity index (χ3v) is 4.37. The number of anilines is 1. The molecule has 6 heteroatoms. The van der Waals surface area contributed by atoms with Crippen molar-refractivity contribution in [1.29, 1.82) is 0 Å². The number of fused-ring (bicyclic) bond motifs is 1. The van der Waals surface area contributed by atoms with Crippen molar-refractivity contribution in [2.24, 2.45) is 0 Å². The molecule has 0 fully saturated rings. The summed E-state index contributed by atoms with van der Waals surface area (Å²) >= 11 is 0. The number of hydrogen-bond donors (Lipinski definition) is 1. The van der Waals surface area contributed by atoms with Crippen LogP contribution in [0.2, 0.25) is 0 Å². The summed E-state index contributed by atoms with van der Waals surface area (Å²) < 4.78 is 22.4. The van der Waals surface area contributed by atoms with E-state index in [9.17, 15) is 13.2 Å². The molecule has 0 aromatic heterocycles. The summed E-state index contributed by atoms with van der Waals surface area (Å²) in [7, 11) is -1.43. The molecule has 0 saturated heterocycles. The van der Waals surface area contributed by atoms with Crippen molar-refractivity contribution in [3.8, 4) is 0 Å². The first kappa shape index (κ1) is 14.8. The Hall–Kier alpha value is -1.56. The third-order valence-electron chi connectivity index (χ3n) is 3.45. The molecular formula is C14H20N2O3S. The number of nitrogens with zero attached hydrogens (tertiary/aromatic N) is 1. The second-order valence-corrected chi connectivity index (χ2v) is 7.49. The van der Waals surface area contributed by atoms with Crippen molar-refractivity contribution in [3.63, 3.8) is 0 Å². The summed E-state index contributed by atoms with van der Waals surface area (Å²) in [5.41, 5.74) is 2.67. The molecule has 0 atom stereocenters. The number of para-hydroxylation sites is 1. The monoisotopic (exact) mass is 296 g/mol. The number of carbonyl (C=O) groups is 1. The lowest BCUT2D eigenvalue weighted by atomic mass is 9.99. The van der Waals surface area contributed by atoms with Crippen LogP contribution in [0.1, 0.15) is 22.3 Å². The number of rotatable bonds is 4. The molecule has 0 aliphatic carbocycles. The highest BCUT2D eigenvalue weighted by atomic mass is 32.2. The first-order valence-corrected chi connectivity index (χ1v) is 8.73. The fraction of sp³-hybridized carbons (Fsp3) is 0.500. The van der Waals surface area contributed by atoms with Crippen LogP contribution >= 0.6 is 0 Å². The number of sulfone groups is 1. The fourth-order valence-electron chi connectivity index (χ4n) is 2.30. The number of aryl methyl sites for hydroxylation is 1. The van der Waals surface area contributed by atoms with Crippen LogP contribution in [0.5, 0.6) is 0 Å². The topological polar surface area (TPSA) is 66.5 Å². The highest BCUT2D eigenvalue weighted by Crippen LogP contribution is 2.26. The number of hydrogen-bond acceptors (Lipinski definition) is 4. The van der Waals surface area contributed by atoms with Gasteiger partial charge in [0.1, 0.15) is 9.84 Å². The standard InChI is InChI=1S/C14H20N2O3S/c1-16(9-10-20(2,18)19)14(17)12-7-3-5-11-6-4-8-15-13(11)12/h3,5,7,15H,4,6,8-10H2,1-2H3. The quantitative estimate of drug-likeness (QED) is 0.905. The minimum atomic E-state index is -3.06. The Morgan fingerprint density at radius 2 is 2.15 bits per heavy atom. The molecule has 5 nitrogen and oxygen atoms in total. The minimum Gasteiger partial charge on any atom is -0.384 e. The Balaban J connectivity index is 2.17. The van der Waals surface area contributed by atoms with Crippen LogP contribution in [0.4, 0.5) is 5.69 Å². The molecule has 1 aliphatic heterocycles. The molecule has 0 radical (unpaired) electrons. The molecular weight excluding hydrogens is 276 g/mol. The molecule has 0 bridgehead atoms. The zero-order valence-electron chi connectivity index (χ0n) is 11.8. The maximum Gasteiger partial charge on any atom is 0.255 e. The first-order valence-electron chi connectivity index (χ1n) is 6.67. The van der Waals surface area contributed by atoms with Gasteiger partial charge in [-0.05, 0) is 24.5 Å². The van der Waals surface area contributed by atoms with Crippen molar-refractivity contribution in [1.82, 2.24) is 4.90 Å². The molecule has 1 aromatic rings. The summed E-state index contributed by atoms with van der Waals surface area (Å²) in [6, 6.07) is 5.69. The van der Waals surface area contributed by atoms with Gasteiger partial charge in [-0.3, -0.25) is 4.79 Å². The molecule has 20 heavy (non-hydrogen) atoms. The summed E-state index contributed by atoms with van der Waals surface area (Å²) in [5.74, 6) is -0.155. The molecule has 1 aromatic carbocycles. The van der Waals surface area contributed by atoms with E-state index in [1.165, 1.54) is 11.2 Å². The van der Waals surface area contributed by atoms with Gasteiger partial charge in [0.2, 0.25) is 0 Å². The van der Waals surface area contributed by atoms with E-state index in [0.29, 0.717) is 5.56 Å². The van der Waals surface area contributed by atoms with Crippen LogP contribution < -0.4 is 5.32 Å². The van der Waals surface area contributed by atoms with Crippen LogP contribution in [-0.4, -0.2) is 51.4 Å². The van der Waals surface area contributed by atoms with Gasteiger partial charge >= 0.3 is 0 Å². The zero-order valence-corrected chi connectivity index (χ0v) is 12.7. The van der Waals surface area contributed by atoms with Gasteiger partial charge in [0.15, 0.2) is 0 Å². The van der Waals surface area contributed by atoms with E-state index in [4.69, 9.17) is 0 Å². The van der Waals surface area contributed by atoms with Crippen molar-refractivity contribution in [3.05, 3.63) is 29.3 Å². The van der Waals surface area contributed by atoms with E-state index in [-0.39, 0.29) is 18.2 Å². The molecule has 0 unspecified atom stereocenters. The summed E-state index contributed by atoms with van der Waals surface area (Å²) in [5, 5.41) is 3.27. The van der Waals surface area contributed by atoms with Crippen molar-refractivity contribution in [2.45, 2.75) is 12.8 Å². The Bertz CT molecular complexity index is 611. The number of amides is 1. The van der Waals surface area contributed by atoms with E-state index >= 15 is 0 Å². The maximum absolute atomic E-state index is 12.4. The number of carbonyl (C=O) groups excluding carboxylic acids is 1. The summed E-state index contributed by atoms with van der Waals surface area (Å²) in [6.07, 6.45) is 3.21. The Kier molecular flexibility index (Phi) is 4.32. The van der Waals surface area contributed by atoms with Gasteiger partial charge in [0.25, 0.3) is 5.91 Å². The van der Waals surface area contributed by atoms with E-state index in [1.54, 1.807) is 13.1 Å². The maximum atomic E-state index is 12.4. The molecule has 1 amide bonds. The van der Waals surface area contributed by atoms with Crippen molar-refractivity contribution in [2.75, 3.05) is 37.5 Å². The summed E-state index contributed by atoms with van der Waals surface area (Å²) in [6.45, 7) is 1.08. The third kappa shape index (κ3) is 3.50. The number of benzene rings is 1. The van der Waals surface area contributed by atoms with E-state index in [0.717, 1.165) is 30.6 Å². The van der Waals surface area contributed by atoms with Crippen LogP contribution in [-0.2, 0) is 16.3 Å². The average Bonchev–Trinajstić information content (AvgIpc) is 2.42. The average molecular weight is 296 g/mol. The lowest BCUT2D eigenvalue weighted by Gasteiger charge is -2.23. The first-order chi connectivity index (χ1) is 9.38. The van der Waals surface area contributed by atoms with Gasteiger partial charge in [-0.15, -0.1) is 0 Å². The normalized spacial score (nSPS) is 14.3. The lowest BCUT2D eigenvalue weighted by molar-refractivity contribution is 0.0804. The van der Waals surface area contributed by atoms with Crippen LogP contribution in [0, 0.1) is 0 Å². The van der Waals surface area contributed by atoms with Gasteiger partial charge in [-0.1, -0.05) is 12.1 Å². The molecule has 0 saturated carbocycles. The molecule has 0 spiro atoms. The number of nitrogens with one attached hydrogen (secondary N) is 1. The van der Waals surface area contributed by atoms with Crippen LogP contribution in [0.15, 0.2) is 18.2 Å². The largest absolute Gasteiger partial charge is 0.384 e. The SMILES string of the molecule is CN(CCS(C)(=O)=O)C(=O)c1cccc2c1NCCC2. The molecule has 110 valence electrons. The predicted octanol–water partition coefficient (Wildman–Crippen LogP) is 1.16. The van der Waals surface area contributed by atoms with Gasteiger partial charge in [0, 0.05) is 26.4 Å². The second-order valence-electron chi connectivity index (χ2n) is 5.23. The molecule has 2 rings (SSSR count). The molecule has 1 heterocycles. The van der Waals surface area contributed by atoms with E-state index in [1.807, 2.05) is 12.1 Å². The smallest absolute Gasteiger partial charge is 0.255 e. The fourth-order valence-corrected chi connectivity index (χ4v) is 2.90. The van der Waals surface area contributed by atoms with Crippen molar-refractivity contribution >= 4 is 21.4 Å². The van der Waals surface area contributed by atoms with Gasteiger partial charge in [-0.2, -0.15) is 0 Å². The second kappa shape index (κ2) is 5.83. The van der Waals surface area contributed by atoms with Gasteiger partial charge in [0.05, 0.1) is 17.0 Å². The Morgan fingerprint density at radius 1 is 1.40 bits per heavy atom. The predicted molar refractivity (Wildman–Crippen MR) is 79.9 cm³/mol. The van der Waals surface area contributed by atoms with Gasteiger partial charge in [-0.25, -0.2) is 8.42 Å². The van der Waals surface area contributed by atoms with Crippen molar-refractivity contribution < 1.29 is 13.2 Å². The molecule has 1 aliphatic rings. The minimum absolute atomic E-state index is 0.0162. The van der Waals surface area contributed by atoms with Crippen LogP contribution in [0.25, 0.3) is 0 Å². The molecule has 1 N–H and O–H groups in total. The van der Waals surface area contributed by atoms with E-state index < -0.39 is 9.84 Å². The Labute approximate surface area is 119 Å².